The fourth-order valence-corrected chi connectivity index (χ4v) is 3.08. The predicted molar refractivity (Wildman–Crippen MR) is 84.5 cm³/mol. The zero-order valence-corrected chi connectivity index (χ0v) is 14.1. The van der Waals surface area contributed by atoms with Gasteiger partial charge in [0.05, 0.1) is 5.92 Å². The third-order valence-corrected chi connectivity index (χ3v) is 4.41. The maximum absolute atomic E-state index is 11.8. The molecule has 2 atom stereocenters. The van der Waals surface area contributed by atoms with Gasteiger partial charge in [-0.15, -0.1) is 0 Å². The van der Waals surface area contributed by atoms with Gasteiger partial charge in [0.1, 0.15) is 5.60 Å². The van der Waals surface area contributed by atoms with Crippen LogP contribution in [0.1, 0.15) is 59.8 Å². The lowest BCUT2D eigenvalue weighted by Crippen LogP contribution is -2.46. The summed E-state index contributed by atoms with van der Waals surface area (Å²) in [4.78, 5) is 23.4. The molecule has 1 rings (SSSR count). The maximum Gasteiger partial charge on any atom is 0.407 e. The van der Waals surface area contributed by atoms with Crippen LogP contribution in [-0.4, -0.2) is 35.4 Å². The number of nitrogens with one attached hydrogen (secondary N) is 1. The van der Waals surface area contributed by atoms with Gasteiger partial charge in [-0.2, -0.15) is 0 Å². The molecule has 0 heterocycles. The molecule has 6 heteroatoms. The van der Waals surface area contributed by atoms with Gasteiger partial charge in [-0.1, -0.05) is 6.42 Å². The van der Waals surface area contributed by atoms with E-state index in [1.165, 1.54) is 0 Å². The largest absolute Gasteiger partial charge is 0.481 e. The second-order valence-corrected chi connectivity index (χ2v) is 7.48. The Labute approximate surface area is 132 Å². The average molecular weight is 314 g/mol. The van der Waals surface area contributed by atoms with Gasteiger partial charge in [-0.25, -0.2) is 4.79 Å². The number of hydrogen-bond donors (Lipinski definition) is 3. The molecule has 1 aliphatic carbocycles. The first-order valence-electron chi connectivity index (χ1n) is 8.01. The van der Waals surface area contributed by atoms with E-state index >= 15 is 0 Å². The van der Waals surface area contributed by atoms with E-state index in [-0.39, 0.29) is 5.41 Å². The molecule has 1 amide bonds. The van der Waals surface area contributed by atoms with Crippen LogP contribution in [0.25, 0.3) is 0 Å². The summed E-state index contributed by atoms with van der Waals surface area (Å²) in [6.07, 6.45) is 3.99. The Hall–Kier alpha value is -1.30. The second-order valence-electron chi connectivity index (χ2n) is 7.48. The zero-order valence-electron chi connectivity index (χ0n) is 14.1. The monoisotopic (exact) mass is 314 g/mol. The lowest BCUT2D eigenvalue weighted by Gasteiger charge is -2.44. The molecule has 0 radical (unpaired) electrons. The van der Waals surface area contributed by atoms with E-state index in [0.717, 1.165) is 25.7 Å². The summed E-state index contributed by atoms with van der Waals surface area (Å²) >= 11 is 0. The van der Waals surface area contributed by atoms with E-state index in [1.54, 1.807) is 27.7 Å². The Kier molecular flexibility index (Phi) is 6.23. The molecule has 0 bridgehead atoms. The first-order chi connectivity index (χ1) is 10.1. The van der Waals surface area contributed by atoms with Gasteiger partial charge in [-0.05, 0) is 65.3 Å². The molecule has 0 saturated heterocycles. The van der Waals surface area contributed by atoms with Crippen LogP contribution >= 0.6 is 0 Å². The molecule has 4 N–H and O–H groups in total. The molecule has 1 saturated carbocycles. The Morgan fingerprint density at radius 3 is 2.32 bits per heavy atom. The number of carboxylic acid groups (broad SMARTS) is 1. The number of carboxylic acids is 1. The standard InChI is InChI=1S/C16H30N2O4/c1-11(18-14(21)22-15(2,3)4)12(13(19)20)10-16(8-9-17)6-5-7-16/h11-12H,5-10,17H2,1-4H3,(H,18,21)(H,19,20)/t11-,12?/m1/s1. The van der Waals surface area contributed by atoms with Crippen LogP contribution in [0.15, 0.2) is 0 Å². The van der Waals surface area contributed by atoms with Crippen molar-refractivity contribution in [1.29, 1.82) is 0 Å². The summed E-state index contributed by atoms with van der Waals surface area (Å²) in [6.45, 7) is 7.61. The van der Waals surface area contributed by atoms with Crippen LogP contribution in [0.5, 0.6) is 0 Å². The van der Waals surface area contributed by atoms with Crippen molar-refractivity contribution >= 4 is 12.1 Å². The van der Waals surface area contributed by atoms with Crippen LogP contribution in [-0.2, 0) is 9.53 Å². The van der Waals surface area contributed by atoms with Crippen molar-refractivity contribution in [1.82, 2.24) is 5.32 Å². The number of hydrogen-bond acceptors (Lipinski definition) is 4. The van der Waals surface area contributed by atoms with E-state index < -0.39 is 29.6 Å². The first-order valence-corrected chi connectivity index (χ1v) is 8.01. The number of carbonyl (C=O) groups excluding carboxylic acids is 1. The molecule has 1 aliphatic rings. The van der Waals surface area contributed by atoms with Gasteiger partial charge in [-0.3, -0.25) is 4.79 Å². The zero-order chi connectivity index (χ0) is 17.0. The normalized spacial score (nSPS) is 19.7. The topological polar surface area (TPSA) is 102 Å². The smallest absolute Gasteiger partial charge is 0.407 e. The summed E-state index contributed by atoms with van der Waals surface area (Å²) in [7, 11) is 0. The van der Waals surface area contributed by atoms with Crippen molar-refractivity contribution in [3.8, 4) is 0 Å². The number of alkyl carbamates (subject to hydrolysis) is 1. The number of carbonyl (C=O) groups is 2. The maximum atomic E-state index is 11.8. The minimum absolute atomic E-state index is 0.0294. The van der Waals surface area contributed by atoms with Crippen molar-refractivity contribution in [2.24, 2.45) is 17.1 Å². The van der Waals surface area contributed by atoms with E-state index in [9.17, 15) is 14.7 Å². The molecule has 1 unspecified atom stereocenters. The third kappa shape index (κ3) is 5.48. The molecule has 1 fully saturated rings. The first kappa shape index (κ1) is 18.7. The Bertz CT molecular complexity index is 399. The highest BCUT2D eigenvalue weighted by Gasteiger charge is 2.41. The van der Waals surface area contributed by atoms with E-state index in [4.69, 9.17) is 10.5 Å². The van der Waals surface area contributed by atoms with Crippen molar-refractivity contribution in [2.75, 3.05) is 6.54 Å². The molecule has 0 aromatic heterocycles. The van der Waals surface area contributed by atoms with Gasteiger partial charge in [0, 0.05) is 6.04 Å². The highest BCUT2D eigenvalue weighted by atomic mass is 16.6. The quantitative estimate of drug-likeness (QED) is 0.670. The summed E-state index contributed by atoms with van der Waals surface area (Å²) in [5.74, 6) is -1.51. The van der Waals surface area contributed by atoms with Crippen molar-refractivity contribution in [2.45, 2.75) is 71.4 Å². The highest BCUT2D eigenvalue weighted by molar-refractivity contribution is 5.73. The molecule has 0 aliphatic heterocycles. The van der Waals surface area contributed by atoms with Crippen LogP contribution in [0.2, 0.25) is 0 Å². The van der Waals surface area contributed by atoms with Gasteiger partial charge in [0.2, 0.25) is 0 Å². The lowest BCUT2D eigenvalue weighted by molar-refractivity contribution is -0.144. The third-order valence-electron chi connectivity index (χ3n) is 4.41. The Balaban J connectivity index is 2.66. The minimum Gasteiger partial charge on any atom is -0.481 e. The molecule has 6 nitrogen and oxygen atoms in total. The van der Waals surface area contributed by atoms with Crippen molar-refractivity contribution in [3.05, 3.63) is 0 Å². The van der Waals surface area contributed by atoms with Gasteiger partial charge >= 0.3 is 12.1 Å². The lowest BCUT2D eigenvalue weighted by atomic mass is 9.61. The fraction of sp³-hybridized carbons (Fsp3) is 0.875. The molecule has 0 spiro atoms. The summed E-state index contributed by atoms with van der Waals surface area (Å²) in [5, 5.41) is 12.2. The average Bonchev–Trinajstić information content (AvgIpc) is 2.28. The molecular weight excluding hydrogens is 284 g/mol. The Morgan fingerprint density at radius 2 is 1.95 bits per heavy atom. The molecular formula is C16H30N2O4. The van der Waals surface area contributed by atoms with Gasteiger partial charge in [0.25, 0.3) is 0 Å². The SMILES string of the molecule is C[C@@H](NC(=O)OC(C)(C)C)C(CC1(CCN)CCC1)C(=O)O. The number of aliphatic carboxylic acids is 1. The van der Waals surface area contributed by atoms with Crippen LogP contribution in [0.4, 0.5) is 4.79 Å². The van der Waals surface area contributed by atoms with Crippen LogP contribution in [0.3, 0.4) is 0 Å². The minimum atomic E-state index is -0.883. The number of ether oxygens (including phenoxy) is 1. The van der Waals surface area contributed by atoms with Crippen LogP contribution in [0, 0.1) is 11.3 Å². The predicted octanol–water partition coefficient (Wildman–Crippen LogP) is 2.51. The number of nitrogens with two attached hydrogens (primary N) is 1. The van der Waals surface area contributed by atoms with E-state index in [0.29, 0.717) is 13.0 Å². The summed E-state index contributed by atoms with van der Waals surface area (Å²) in [6, 6.07) is -0.484. The summed E-state index contributed by atoms with van der Waals surface area (Å²) < 4.78 is 5.19. The highest BCUT2D eigenvalue weighted by Crippen LogP contribution is 2.48. The molecule has 0 aromatic carbocycles. The Morgan fingerprint density at radius 1 is 1.36 bits per heavy atom. The molecule has 128 valence electrons. The van der Waals surface area contributed by atoms with Crippen LogP contribution < -0.4 is 11.1 Å². The number of amides is 1. The van der Waals surface area contributed by atoms with E-state index in [1.807, 2.05) is 0 Å². The van der Waals surface area contributed by atoms with Gasteiger partial charge < -0.3 is 20.9 Å². The number of rotatable bonds is 7. The second kappa shape index (κ2) is 7.31. The van der Waals surface area contributed by atoms with Crippen molar-refractivity contribution in [3.63, 3.8) is 0 Å². The summed E-state index contributed by atoms with van der Waals surface area (Å²) in [5.41, 5.74) is 5.09. The van der Waals surface area contributed by atoms with Gasteiger partial charge in [0.15, 0.2) is 0 Å². The molecule has 22 heavy (non-hydrogen) atoms. The van der Waals surface area contributed by atoms with Crippen molar-refractivity contribution < 1.29 is 19.4 Å². The molecule has 0 aromatic rings. The van der Waals surface area contributed by atoms with E-state index in [2.05, 4.69) is 5.32 Å². The fourth-order valence-electron chi connectivity index (χ4n) is 3.08.